The fraction of sp³-hybridized carbons (Fsp3) is 0.647. The first-order chi connectivity index (χ1) is 9.15. The van der Waals surface area contributed by atoms with Crippen molar-refractivity contribution in [2.24, 2.45) is 5.92 Å². The van der Waals surface area contributed by atoms with E-state index >= 15 is 0 Å². The van der Waals surface area contributed by atoms with Gasteiger partial charge >= 0.3 is 0 Å². The third-order valence-electron chi connectivity index (χ3n) is 5.43. The van der Waals surface area contributed by atoms with Crippen LogP contribution in [0.2, 0.25) is 0 Å². The maximum atomic E-state index is 5.65. The minimum absolute atomic E-state index is 0.296. The SMILES string of the molecule is Cc1ccc(C2(C3CCNCC3)COC2)c(C)c1C. The van der Waals surface area contributed by atoms with E-state index in [1.54, 1.807) is 5.56 Å². The van der Waals surface area contributed by atoms with Crippen LogP contribution in [0.25, 0.3) is 0 Å². The summed E-state index contributed by atoms with van der Waals surface area (Å²) in [6.07, 6.45) is 2.57. The van der Waals surface area contributed by atoms with E-state index in [9.17, 15) is 0 Å². The molecule has 2 heteroatoms. The Balaban J connectivity index is 2.00. The standard InChI is InChI=1S/C17H25NO/c1-12-4-5-16(14(3)13(12)2)17(10-19-11-17)15-6-8-18-9-7-15/h4-5,15,18H,6-11H2,1-3H3. The van der Waals surface area contributed by atoms with E-state index in [1.165, 1.54) is 29.5 Å². The molecule has 2 saturated heterocycles. The molecule has 0 saturated carbocycles. The first kappa shape index (κ1) is 13.1. The van der Waals surface area contributed by atoms with Crippen LogP contribution in [0.15, 0.2) is 12.1 Å². The second-order valence-electron chi connectivity index (χ2n) is 6.35. The van der Waals surface area contributed by atoms with E-state index in [0.29, 0.717) is 5.41 Å². The number of hydrogen-bond acceptors (Lipinski definition) is 2. The van der Waals surface area contributed by atoms with Gasteiger partial charge in [0.1, 0.15) is 0 Å². The first-order valence-corrected chi connectivity index (χ1v) is 7.51. The van der Waals surface area contributed by atoms with E-state index in [0.717, 1.165) is 32.2 Å². The van der Waals surface area contributed by atoms with Crippen molar-refractivity contribution in [3.8, 4) is 0 Å². The maximum Gasteiger partial charge on any atom is 0.0588 e. The highest BCUT2D eigenvalue weighted by atomic mass is 16.5. The highest BCUT2D eigenvalue weighted by Crippen LogP contribution is 2.45. The van der Waals surface area contributed by atoms with Gasteiger partial charge in [0.15, 0.2) is 0 Å². The summed E-state index contributed by atoms with van der Waals surface area (Å²) in [6, 6.07) is 4.65. The van der Waals surface area contributed by atoms with Crippen molar-refractivity contribution in [3.63, 3.8) is 0 Å². The smallest absolute Gasteiger partial charge is 0.0588 e. The predicted octanol–water partition coefficient (Wildman–Crippen LogP) is 2.88. The Hall–Kier alpha value is -0.860. The third kappa shape index (κ3) is 2.02. The summed E-state index contributed by atoms with van der Waals surface area (Å²) >= 11 is 0. The monoisotopic (exact) mass is 259 g/mol. The van der Waals surface area contributed by atoms with Crippen LogP contribution in [0.4, 0.5) is 0 Å². The van der Waals surface area contributed by atoms with Crippen molar-refractivity contribution in [2.45, 2.75) is 39.0 Å². The van der Waals surface area contributed by atoms with Crippen molar-refractivity contribution in [1.29, 1.82) is 0 Å². The Bertz CT molecular complexity index is 470. The zero-order chi connectivity index (χ0) is 13.5. The zero-order valence-corrected chi connectivity index (χ0v) is 12.4. The Morgan fingerprint density at radius 2 is 1.74 bits per heavy atom. The van der Waals surface area contributed by atoms with Crippen molar-refractivity contribution in [1.82, 2.24) is 5.32 Å². The number of piperidine rings is 1. The summed E-state index contributed by atoms with van der Waals surface area (Å²) in [5.41, 5.74) is 6.19. The average molecular weight is 259 g/mol. The highest BCUT2D eigenvalue weighted by molar-refractivity contribution is 5.44. The third-order valence-corrected chi connectivity index (χ3v) is 5.43. The highest BCUT2D eigenvalue weighted by Gasteiger charge is 2.47. The topological polar surface area (TPSA) is 21.3 Å². The Morgan fingerprint density at radius 1 is 1.05 bits per heavy atom. The second kappa shape index (κ2) is 4.92. The minimum atomic E-state index is 0.296. The molecule has 104 valence electrons. The van der Waals surface area contributed by atoms with Crippen LogP contribution in [0, 0.1) is 26.7 Å². The normalized spacial score (nSPS) is 23.1. The number of hydrogen-bond donors (Lipinski definition) is 1. The van der Waals surface area contributed by atoms with Crippen LogP contribution < -0.4 is 5.32 Å². The maximum absolute atomic E-state index is 5.65. The number of rotatable bonds is 2. The molecule has 0 radical (unpaired) electrons. The summed E-state index contributed by atoms with van der Waals surface area (Å²) in [5.74, 6) is 0.781. The summed E-state index contributed by atoms with van der Waals surface area (Å²) < 4.78 is 5.65. The number of benzene rings is 1. The average Bonchev–Trinajstić information content (AvgIpc) is 2.39. The summed E-state index contributed by atoms with van der Waals surface area (Å²) in [5, 5.41) is 3.48. The van der Waals surface area contributed by atoms with Crippen molar-refractivity contribution >= 4 is 0 Å². The summed E-state index contributed by atoms with van der Waals surface area (Å²) in [7, 11) is 0. The molecular formula is C17H25NO. The lowest BCUT2D eigenvalue weighted by Gasteiger charge is -2.50. The molecule has 3 rings (SSSR count). The van der Waals surface area contributed by atoms with E-state index in [-0.39, 0.29) is 0 Å². The quantitative estimate of drug-likeness (QED) is 0.882. The van der Waals surface area contributed by atoms with Gasteiger partial charge in [0.25, 0.3) is 0 Å². The molecule has 1 N–H and O–H groups in total. The largest absolute Gasteiger partial charge is 0.379 e. The molecule has 1 aromatic carbocycles. The Kier molecular flexibility index (Phi) is 3.40. The zero-order valence-electron chi connectivity index (χ0n) is 12.4. The van der Waals surface area contributed by atoms with Crippen LogP contribution >= 0.6 is 0 Å². The number of nitrogens with one attached hydrogen (secondary N) is 1. The molecule has 0 bridgehead atoms. The van der Waals surface area contributed by atoms with Gasteiger partial charge in [-0.3, -0.25) is 0 Å². The lowest BCUT2D eigenvalue weighted by atomic mass is 9.64. The molecule has 0 atom stereocenters. The molecule has 0 aliphatic carbocycles. The molecule has 2 aliphatic heterocycles. The molecule has 2 aliphatic rings. The van der Waals surface area contributed by atoms with Gasteiger partial charge in [-0.05, 0) is 74.9 Å². The fourth-order valence-electron chi connectivity index (χ4n) is 3.80. The number of ether oxygens (including phenoxy) is 1. The van der Waals surface area contributed by atoms with Gasteiger partial charge in [-0.2, -0.15) is 0 Å². The lowest BCUT2D eigenvalue weighted by molar-refractivity contribution is -0.0967. The van der Waals surface area contributed by atoms with Crippen LogP contribution in [-0.4, -0.2) is 26.3 Å². The van der Waals surface area contributed by atoms with Gasteiger partial charge in [0.2, 0.25) is 0 Å². The number of aryl methyl sites for hydroxylation is 1. The van der Waals surface area contributed by atoms with Gasteiger partial charge in [-0.1, -0.05) is 12.1 Å². The van der Waals surface area contributed by atoms with Gasteiger partial charge in [0, 0.05) is 5.41 Å². The second-order valence-corrected chi connectivity index (χ2v) is 6.35. The van der Waals surface area contributed by atoms with Crippen LogP contribution in [0.1, 0.15) is 35.1 Å². The minimum Gasteiger partial charge on any atom is -0.379 e. The van der Waals surface area contributed by atoms with E-state index in [4.69, 9.17) is 4.74 Å². The van der Waals surface area contributed by atoms with Gasteiger partial charge in [0.05, 0.1) is 13.2 Å². The fourth-order valence-corrected chi connectivity index (χ4v) is 3.80. The van der Waals surface area contributed by atoms with Gasteiger partial charge in [-0.25, -0.2) is 0 Å². The predicted molar refractivity (Wildman–Crippen MR) is 78.7 cm³/mol. The molecular weight excluding hydrogens is 234 g/mol. The summed E-state index contributed by atoms with van der Waals surface area (Å²) in [4.78, 5) is 0. The van der Waals surface area contributed by atoms with E-state index < -0.39 is 0 Å². The van der Waals surface area contributed by atoms with Crippen molar-refractivity contribution in [2.75, 3.05) is 26.3 Å². The molecule has 0 aromatic heterocycles. The Labute approximate surface area is 116 Å². The molecule has 2 nitrogen and oxygen atoms in total. The lowest BCUT2D eigenvalue weighted by Crippen LogP contribution is -2.55. The van der Waals surface area contributed by atoms with Gasteiger partial charge in [-0.15, -0.1) is 0 Å². The molecule has 2 heterocycles. The van der Waals surface area contributed by atoms with Crippen LogP contribution in [0.3, 0.4) is 0 Å². The van der Waals surface area contributed by atoms with Crippen LogP contribution in [-0.2, 0) is 10.2 Å². The molecule has 0 spiro atoms. The van der Waals surface area contributed by atoms with E-state index in [1.807, 2.05) is 0 Å². The molecule has 19 heavy (non-hydrogen) atoms. The molecule has 0 amide bonds. The van der Waals surface area contributed by atoms with Crippen molar-refractivity contribution < 1.29 is 4.74 Å². The first-order valence-electron chi connectivity index (χ1n) is 7.51. The van der Waals surface area contributed by atoms with E-state index in [2.05, 4.69) is 38.2 Å². The molecule has 2 fully saturated rings. The molecule has 1 aromatic rings. The van der Waals surface area contributed by atoms with Crippen molar-refractivity contribution in [3.05, 3.63) is 34.4 Å². The summed E-state index contributed by atoms with van der Waals surface area (Å²) in [6.45, 7) is 10.9. The van der Waals surface area contributed by atoms with Gasteiger partial charge < -0.3 is 10.1 Å². The Morgan fingerprint density at radius 3 is 2.32 bits per heavy atom. The van der Waals surface area contributed by atoms with Crippen LogP contribution in [0.5, 0.6) is 0 Å². The molecule has 0 unspecified atom stereocenters.